The fourth-order valence-corrected chi connectivity index (χ4v) is 5.12. The molecular weight excluding hydrogens is 514 g/mol. The highest BCUT2D eigenvalue weighted by atomic mass is 16.5. The lowest BCUT2D eigenvalue weighted by atomic mass is 10.0. The quantitative estimate of drug-likeness (QED) is 0.218. The van der Waals surface area contributed by atoms with Gasteiger partial charge in [0.1, 0.15) is 41.0 Å². The summed E-state index contributed by atoms with van der Waals surface area (Å²) in [6, 6.07) is 28.5. The topological polar surface area (TPSA) is 123 Å². The number of carbonyl (C=O) groups excluding carboxylic acids is 1. The largest absolute Gasteiger partial charge is 0.457 e. The van der Waals surface area contributed by atoms with Crippen molar-refractivity contribution in [3.05, 3.63) is 102 Å². The molecule has 6 rings (SSSR count). The zero-order chi connectivity index (χ0) is 28.2. The molecular formula is C32H27N7O2. The standard InChI is InChI=1S/C32H27N7O2/c33-19-24(18-22-8-3-1-4-9-22)32(40)38-17-7-10-25(20-38)39-31-28(30(34)35-21-36-31)29(37-39)23-13-15-27(16-14-23)41-26-11-5-2-6-12-26/h1-6,8-9,11-16,18,21,25H,7,10,17,20H2,(H2,34,35,36). The molecule has 3 aromatic carbocycles. The second kappa shape index (κ2) is 11.3. The fourth-order valence-electron chi connectivity index (χ4n) is 5.12. The van der Waals surface area contributed by atoms with Gasteiger partial charge in [-0.05, 0) is 60.9 Å². The fraction of sp³-hybridized carbons (Fsp3) is 0.156. The maximum absolute atomic E-state index is 13.4. The van der Waals surface area contributed by atoms with Crippen LogP contribution in [-0.4, -0.2) is 43.6 Å². The van der Waals surface area contributed by atoms with Crippen molar-refractivity contribution in [2.24, 2.45) is 0 Å². The van der Waals surface area contributed by atoms with Crippen molar-refractivity contribution in [3.63, 3.8) is 0 Å². The van der Waals surface area contributed by atoms with Gasteiger partial charge in [-0.3, -0.25) is 4.79 Å². The van der Waals surface area contributed by atoms with Gasteiger partial charge < -0.3 is 15.4 Å². The molecule has 202 valence electrons. The highest BCUT2D eigenvalue weighted by molar-refractivity contribution is 6.02. The summed E-state index contributed by atoms with van der Waals surface area (Å²) < 4.78 is 7.79. The summed E-state index contributed by atoms with van der Waals surface area (Å²) in [6.45, 7) is 0.964. The summed E-state index contributed by atoms with van der Waals surface area (Å²) in [4.78, 5) is 23.8. The van der Waals surface area contributed by atoms with E-state index in [2.05, 4.69) is 16.0 Å². The van der Waals surface area contributed by atoms with Crippen molar-refractivity contribution in [1.29, 1.82) is 5.26 Å². The minimum atomic E-state index is -0.291. The maximum atomic E-state index is 13.4. The van der Waals surface area contributed by atoms with E-state index in [4.69, 9.17) is 15.6 Å². The first kappa shape index (κ1) is 25.8. The first-order valence-corrected chi connectivity index (χ1v) is 13.4. The molecule has 1 atom stereocenters. The van der Waals surface area contributed by atoms with E-state index in [0.29, 0.717) is 41.4 Å². The number of piperidine rings is 1. The molecule has 1 amide bonds. The van der Waals surface area contributed by atoms with E-state index in [-0.39, 0.29) is 17.5 Å². The van der Waals surface area contributed by atoms with E-state index < -0.39 is 0 Å². The molecule has 0 radical (unpaired) electrons. The third-order valence-corrected chi connectivity index (χ3v) is 7.12. The average Bonchev–Trinajstić information content (AvgIpc) is 3.42. The minimum absolute atomic E-state index is 0.104. The van der Waals surface area contributed by atoms with Crippen molar-refractivity contribution < 1.29 is 9.53 Å². The summed E-state index contributed by atoms with van der Waals surface area (Å²) in [7, 11) is 0. The van der Waals surface area contributed by atoms with Gasteiger partial charge in [0.05, 0.1) is 11.4 Å². The van der Waals surface area contributed by atoms with E-state index >= 15 is 0 Å². The van der Waals surface area contributed by atoms with Crippen molar-refractivity contribution in [1.82, 2.24) is 24.6 Å². The molecule has 1 unspecified atom stereocenters. The molecule has 3 heterocycles. The molecule has 0 saturated carbocycles. The summed E-state index contributed by atoms with van der Waals surface area (Å²) in [5, 5.41) is 15.4. The van der Waals surface area contributed by atoms with Crippen molar-refractivity contribution in [2.75, 3.05) is 18.8 Å². The number of aromatic nitrogens is 4. The summed E-state index contributed by atoms with van der Waals surface area (Å²) >= 11 is 0. The normalized spacial score (nSPS) is 15.4. The number of nitrogen functional groups attached to an aromatic ring is 1. The minimum Gasteiger partial charge on any atom is -0.457 e. The van der Waals surface area contributed by atoms with Gasteiger partial charge in [0.2, 0.25) is 0 Å². The van der Waals surface area contributed by atoms with Crippen LogP contribution in [0.4, 0.5) is 5.82 Å². The Bertz CT molecular complexity index is 1760. The highest BCUT2D eigenvalue weighted by Gasteiger charge is 2.30. The Kier molecular flexibility index (Phi) is 7.11. The number of ether oxygens (including phenoxy) is 1. The number of rotatable bonds is 6. The number of likely N-dealkylation sites (tertiary alicyclic amines) is 1. The first-order chi connectivity index (χ1) is 20.1. The predicted molar refractivity (Wildman–Crippen MR) is 157 cm³/mol. The number of benzene rings is 3. The zero-order valence-electron chi connectivity index (χ0n) is 22.2. The van der Waals surface area contributed by atoms with Crippen molar-refractivity contribution in [3.8, 4) is 28.8 Å². The number of carbonyl (C=O) groups is 1. The molecule has 1 fully saturated rings. The second-order valence-electron chi connectivity index (χ2n) is 9.82. The Morgan fingerprint density at radius 1 is 0.976 bits per heavy atom. The third kappa shape index (κ3) is 5.36. The van der Waals surface area contributed by atoms with E-state index in [1.165, 1.54) is 6.33 Å². The summed E-state index contributed by atoms with van der Waals surface area (Å²) in [5.74, 6) is 1.50. The van der Waals surface area contributed by atoms with Crippen LogP contribution in [0.15, 0.2) is 96.8 Å². The highest BCUT2D eigenvalue weighted by Crippen LogP contribution is 2.35. The Balaban J connectivity index is 1.29. The van der Waals surface area contributed by atoms with Crippen LogP contribution in [0.2, 0.25) is 0 Å². The second-order valence-corrected chi connectivity index (χ2v) is 9.82. The summed E-state index contributed by atoms with van der Waals surface area (Å²) in [5.41, 5.74) is 9.36. The zero-order valence-corrected chi connectivity index (χ0v) is 22.2. The van der Waals surface area contributed by atoms with Crippen LogP contribution in [0.1, 0.15) is 24.4 Å². The number of para-hydroxylation sites is 1. The molecule has 0 spiro atoms. The smallest absolute Gasteiger partial charge is 0.264 e. The number of amides is 1. The third-order valence-electron chi connectivity index (χ3n) is 7.12. The maximum Gasteiger partial charge on any atom is 0.264 e. The van der Waals surface area contributed by atoms with Crippen molar-refractivity contribution >= 4 is 28.8 Å². The van der Waals surface area contributed by atoms with Gasteiger partial charge in [-0.1, -0.05) is 48.5 Å². The number of nitrogens with zero attached hydrogens (tertiary/aromatic N) is 6. The molecule has 0 aliphatic carbocycles. The molecule has 1 aliphatic heterocycles. The van der Waals surface area contributed by atoms with Crippen LogP contribution in [0.5, 0.6) is 11.5 Å². The van der Waals surface area contributed by atoms with E-state index in [9.17, 15) is 10.1 Å². The number of fused-ring (bicyclic) bond motifs is 1. The van der Waals surface area contributed by atoms with Gasteiger partial charge >= 0.3 is 0 Å². The lowest BCUT2D eigenvalue weighted by molar-refractivity contribution is -0.128. The van der Waals surface area contributed by atoms with Crippen LogP contribution in [0, 0.1) is 11.3 Å². The molecule has 9 heteroatoms. The van der Waals surface area contributed by atoms with E-state index in [1.807, 2.05) is 89.6 Å². The number of nitrogens with two attached hydrogens (primary N) is 1. The first-order valence-electron chi connectivity index (χ1n) is 13.4. The van der Waals surface area contributed by atoms with Crippen LogP contribution in [0.25, 0.3) is 28.4 Å². The molecule has 1 saturated heterocycles. The number of hydrogen-bond acceptors (Lipinski definition) is 7. The van der Waals surface area contributed by atoms with Gasteiger partial charge in [-0.2, -0.15) is 10.4 Å². The molecule has 1 aliphatic rings. The van der Waals surface area contributed by atoms with Gasteiger partial charge in [0.15, 0.2) is 5.65 Å². The number of hydrogen-bond donors (Lipinski definition) is 1. The van der Waals surface area contributed by atoms with Gasteiger partial charge in [0.25, 0.3) is 5.91 Å². The number of nitriles is 1. The molecule has 2 N–H and O–H groups in total. The lowest BCUT2D eigenvalue weighted by Gasteiger charge is -2.32. The number of anilines is 1. The Labute approximate surface area is 237 Å². The molecule has 5 aromatic rings. The monoisotopic (exact) mass is 541 g/mol. The van der Waals surface area contributed by atoms with Crippen LogP contribution in [0.3, 0.4) is 0 Å². The van der Waals surface area contributed by atoms with Crippen LogP contribution in [-0.2, 0) is 4.79 Å². The molecule has 2 aromatic heterocycles. The Morgan fingerprint density at radius 2 is 1.68 bits per heavy atom. The van der Waals surface area contributed by atoms with Crippen molar-refractivity contribution in [2.45, 2.75) is 18.9 Å². The summed E-state index contributed by atoms with van der Waals surface area (Å²) in [6.07, 6.45) is 4.63. The predicted octanol–water partition coefficient (Wildman–Crippen LogP) is 5.64. The van der Waals surface area contributed by atoms with Gasteiger partial charge in [0, 0.05) is 18.7 Å². The van der Waals surface area contributed by atoms with E-state index in [1.54, 1.807) is 11.0 Å². The molecule has 9 nitrogen and oxygen atoms in total. The Morgan fingerprint density at radius 3 is 2.41 bits per heavy atom. The average molecular weight is 542 g/mol. The lowest BCUT2D eigenvalue weighted by Crippen LogP contribution is -2.41. The van der Waals surface area contributed by atoms with Gasteiger partial charge in [-0.15, -0.1) is 0 Å². The van der Waals surface area contributed by atoms with E-state index in [0.717, 1.165) is 29.7 Å². The molecule has 0 bridgehead atoms. The SMILES string of the molecule is N#CC(=Cc1ccccc1)C(=O)N1CCCC(n2nc(-c3ccc(Oc4ccccc4)cc3)c3c(N)ncnc32)C1. The Hall–Kier alpha value is -5.49. The van der Waals surface area contributed by atoms with Crippen LogP contribution < -0.4 is 10.5 Å². The molecule has 41 heavy (non-hydrogen) atoms. The van der Waals surface area contributed by atoms with Gasteiger partial charge in [-0.25, -0.2) is 14.6 Å². The van der Waals surface area contributed by atoms with Crippen LogP contribution >= 0.6 is 0 Å².